The van der Waals surface area contributed by atoms with Gasteiger partial charge in [0, 0.05) is 35.7 Å². The Hall–Kier alpha value is -2.01. The number of hydrogen-bond acceptors (Lipinski definition) is 7. The fourth-order valence-corrected chi connectivity index (χ4v) is 9.45. The zero-order valence-electron chi connectivity index (χ0n) is 23.3. The first-order valence-corrected chi connectivity index (χ1v) is 16.3. The molecule has 3 N–H and O–H groups in total. The standard InChI is InChI=1S/C29H41N3O5S2/c1-18-5-7-20(8-6-18)39(36,37)31-27-30-26-21(15-25(35)32-13-10-19(2)11-14-32)28(3)12-9-24(34)29(4,17-33)23(28)16-22(26)38-27/h5-8,19,21,23-24,33-34H,9-17H2,1-4H3,(H,30,31). The van der Waals surface area contributed by atoms with Crippen molar-refractivity contribution in [1.82, 2.24) is 9.88 Å². The van der Waals surface area contributed by atoms with Gasteiger partial charge < -0.3 is 15.1 Å². The molecule has 10 heteroatoms. The van der Waals surface area contributed by atoms with Crippen molar-refractivity contribution in [3.05, 3.63) is 40.4 Å². The molecule has 2 fully saturated rings. The molecule has 2 aliphatic carbocycles. The summed E-state index contributed by atoms with van der Waals surface area (Å²) in [6.45, 7) is 9.60. The SMILES string of the molecule is Cc1ccc(S(=O)(=O)Nc2nc3c(s2)CC2C(C)(CO)C(O)CCC2(C)C3CC(=O)N2CCC(C)CC2)cc1. The molecule has 1 saturated carbocycles. The van der Waals surface area contributed by atoms with Crippen molar-refractivity contribution in [3.63, 3.8) is 0 Å². The monoisotopic (exact) mass is 575 g/mol. The molecule has 2 heterocycles. The van der Waals surface area contributed by atoms with E-state index in [1.807, 2.05) is 18.7 Å². The molecular weight excluding hydrogens is 534 g/mol. The number of amides is 1. The van der Waals surface area contributed by atoms with Crippen LogP contribution in [-0.4, -0.2) is 60.2 Å². The largest absolute Gasteiger partial charge is 0.396 e. The lowest BCUT2D eigenvalue weighted by Gasteiger charge is -2.58. The Bertz CT molecular complexity index is 1320. The normalized spacial score (nSPS) is 31.4. The summed E-state index contributed by atoms with van der Waals surface area (Å²) in [7, 11) is -3.83. The average Bonchev–Trinajstić information content (AvgIpc) is 3.29. The van der Waals surface area contributed by atoms with E-state index < -0.39 is 21.5 Å². The second-order valence-electron chi connectivity index (χ2n) is 12.5. The van der Waals surface area contributed by atoms with Gasteiger partial charge in [-0.3, -0.25) is 9.52 Å². The van der Waals surface area contributed by atoms with E-state index in [0.29, 0.717) is 36.7 Å². The van der Waals surface area contributed by atoms with Crippen LogP contribution in [0.15, 0.2) is 29.2 Å². The van der Waals surface area contributed by atoms with Crippen LogP contribution >= 0.6 is 11.3 Å². The number of aryl methyl sites for hydroxylation is 1. The molecule has 5 atom stereocenters. The fourth-order valence-electron chi connectivity index (χ4n) is 7.14. The van der Waals surface area contributed by atoms with Crippen LogP contribution in [0.4, 0.5) is 5.13 Å². The third-order valence-electron chi connectivity index (χ3n) is 9.96. The maximum absolute atomic E-state index is 13.6. The Kier molecular flexibility index (Phi) is 7.63. The molecule has 3 aliphatic rings. The smallest absolute Gasteiger partial charge is 0.263 e. The number of carbonyl (C=O) groups excluding carboxylic acids is 1. The molecule has 1 saturated heterocycles. The lowest BCUT2D eigenvalue weighted by molar-refractivity contribution is -0.147. The first-order chi connectivity index (χ1) is 18.4. The number of piperidine rings is 1. The van der Waals surface area contributed by atoms with Crippen LogP contribution in [0, 0.1) is 29.6 Å². The van der Waals surface area contributed by atoms with E-state index in [4.69, 9.17) is 4.98 Å². The van der Waals surface area contributed by atoms with Crippen LogP contribution in [0.3, 0.4) is 0 Å². The molecular formula is C29H41N3O5S2. The summed E-state index contributed by atoms with van der Waals surface area (Å²) >= 11 is 1.30. The van der Waals surface area contributed by atoms with Gasteiger partial charge in [-0.2, -0.15) is 0 Å². The third kappa shape index (κ3) is 5.13. The Morgan fingerprint density at radius 2 is 1.85 bits per heavy atom. The number of nitrogens with one attached hydrogen (secondary N) is 1. The number of sulfonamides is 1. The molecule has 5 unspecified atom stereocenters. The number of hydrogen-bond donors (Lipinski definition) is 3. The van der Waals surface area contributed by atoms with E-state index in [9.17, 15) is 23.4 Å². The zero-order chi connectivity index (χ0) is 28.2. The van der Waals surface area contributed by atoms with E-state index in [2.05, 4.69) is 18.6 Å². The van der Waals surface area contributed by atoms with Gasteiger partial charge in [0.2, 0.25) is 5.91 Å². The maximum atomic E-state index is 13.6. The number of benzene rings is 1. The Labute approximate surface area is 235 Å². The summed E-state index contributed by atoms with van der Waals surface area (Å²) < 4.78 is 29.0. The number of likely N-dealkylation sites (tertiary alicyclic amines) is 1. The molecule has 2 aromatic rings. The van der Waals surface area contributed by atoms with Gasteiger partial charge in [0.05, 0.1) is 23.3 Å². The molecule has 5 rings (SSSR count). The van der Waals surface area contributed by atoms with E-state index in [1.165, 1.54) is 11.3 Å². The first-order valence-electron chi connectivity index (χ1n) is 14.0. The van der Waals surface area contributed by atoms with Gasteiger partial charge in [0.1, 0.15) is 0 Å². The van der Waals surface area contributed by atoms with E-state index in [-0.39, 0.29) is 34.7 Å². The quantitative estimate of drug-likeness (QED) is 0.472. The maximum Gasteiger partial charge on any atom is 0.263 e. The van der Waals surface area contributed by atoms with Crippen molar-refractivity contribution in [3.8, 4) is 0 Å². The molecule has 39 heavy (non-hydrogen) atoms. The van der Waals surface area contributed by atoms with Gasteiger partial charge in [-0.15, -0.1) is 11.3 Å². The molecule has 0 radical (unpaired) electrons. The van der Waals surface area contributed by atoms with E-state index in [1.54, 1.807) is 24.3 Å². The molecule has 8 nitrogen and oxygen atoms in total. The molecule has 0 bridgehead atoms. The Morgan fingerprint density at radius 1 is 1.18 bits per heavy atom. The molecule has 1 aromatic heterocycles. The third-order valence-corrected chi connectivity index (χ3v) is 12.5. The number of aliphatic hydroxyl groups is 2. The lowest BCUT2D eigenvalue weighted by atomic mass is 9.47. The van der Waals surface area contributed by atoms with Crippen molar-refractivity contribution in [1.29, 1.82) is 0 Å². The number of carbonyl (C=O) groups is 1. The molecule has 1 aliphatic heterocycles. The van der Waals surface area contributed by atoms with Crippen LogP contribution in [0.5, 0.6) is 0 Å². The number of rotatable bonds is 6. The van der Waals surface area contributed by atoms with Crippen LogP contribution in [0.1, 0.15) is 74.9 Å². The van der Waals surface area contributed by atoms with Crippen LogP contribution in [0.25, 0.3) is 0 Å². The zero-order valence-corrected chi connectivity index (χ0v) is 24.9. The molecule has 0 spiro atoms. The van der Waals surface area contributed by atoms with E-state index >= 15 is 0 Å². The van der Waals surface area contributed by atoms with Gasteiger partial charge >= 0.3 is 0 Å². The summed E-state index contributed by atoms with van der Waals surface area (Å²) in [4.78, 5) is 21.5. The van der Waals surface area contributed by atoms with Crippen LogP contribution in [0.2, 0.25) is 0 Å². The van der Waals surface area contributed by atoms with E-state index in [0.717, 1.165) is 42.1 Å². The molecule has 214 valence electrons. The number of aliphatic hydroxyl groups excluding tert-OH is 2. The minimum Gasteiger partial charge on any atom is -0.396 e. The number of anilines is 1. The number of thiazole rings is 1. The predicted molar refractivity (Wildman–Crippen MR) is 152 cm³/mol. The number of nitrogens with zero attached hydrogens (tertiary/aromatic N) is 2. The summed E-state index contributed by atoms with van der Waals surface area (Å²) in [5.74, 6) is 0.411. The first kappa shape index (κ1) is 28.5. The highest BCUT2D eigenvalue weighted by molar-refractivity contribution is 7.93. The van der Waals surface area contributed by atoms with Gasteiger partial charge in [-0.25, -0.2) is 13.4 Å². The second kappa shape index (κ2) is 10.4. The van der Waals surface area contributed by atoms with Crippen molar-refractivity contribution in [2.75, 3.05) is 24.4 Å². The van der Waals surface area contributed by atoms with Crippen molar-refractivity contribution in [2.45, 2.75) is 83.1 Å². The second-order valence-corrected chi connectivity index (χ2v) is 15.3. The predicted octanol–water partition coefficient (Wildman–Crippen LogP) is 4.32. The topological polar surface area (TPSA) is 120 Å². The minimum absolute atomic E-state index is 0.0765. The average molecular weight is 576 g/mol. The summed E-state index contributed by atoms with van der Waals surface area (Å²) in [6.07, 6.45) is 3.48. The molecule has 1 amide bonds. The lowest BCUT2D eigenvalue weighted by Crippen LogP contribution is -2.57. The highest BCUT2D eigenvalue weighted by Gasteiger charge is 2.59. The van der Waals surface area contributed by atoms with Gasteiger partial charge in [0.25, 0.3) is 10.0 Å². The summed E-state index contributed by atoms with van der Waals surface area (Å²) in [5.41, 5.74) is 0.664. The highest BCUT2D eigenvalue weighted by Crippen LogP contribution is 2.63. The summed E-state index contributed by atoms with van der Waals surface area (Å²) in [5, 5.41) is 21.8. The van der Waals surface area contributed by atoms with Gasteiger partial charge in [-0.05, 0) is 68.4 Å². The Morgan fingerprint density at radius 3 is 2.49 bits per heavy atom. The number of fused-ring (bicyclic) bond motifs is 2. The van der Waals surface area contributed by atoms with Crippen molar-refractivity contribution < 1.29 is 23.4 Å². The van der Waals surface area contributed by atoms with Gasteiger partial charge in [-0.1, -0.05) is 38.5 Å². The van der Waals surface area contributed by atoms with Gasteiger partial charge in [0.15, 0.2) is 5.13 Å². The number of aromatic nitrogens is 1. The van der Waals surface area contributed by atoms with Crippen LogP contribution < -0.4 is 4.72 Å². The van der Waals surface area contributed by atoms with Crippen molar-refractivity contribution >= 4 is 32.4 Å². The Balaban J connectivity index is 1.51. The summed E-state index contributed by atoms with van der Waals surface area (Å²) in [6, 6.07) is 6.68. The molecule has 1 aromatic carbocycles. The van der Waals surface area contributed by atoms with Crippen molar-refractivity contribution in [2.24, 2.45) is 22.7 Å². The van der Waals surface area contributed by atoms with Crippen LogP contribution in [-0.2, 0) is 21.2 Å². The highest BCUT2D eigenvalue weighted by atomic mass is 32.2. The minimum atomic E-state index is -3.83. The fraction of sp³-hybridized carbons (Fsp3) is 0.655.